The smallest absolute Gasteiger partial charge is 0.201 e. The number of hydrogen-bond donors (Lipinski definition) is 1. The zero-order valence-corrected chi connectivity index (χ0v) is 8.77. The van der Waals surface area contributed by atoms with E-state index in [0.29, 0.717) is 16.7 Å². The van der Waals surface area contributed by atoms with Gasteiger partial charge in [-0.3, -0.25) is 4.79 Å². The van der Waals surface area contributed by atoms with Crippen LogP contribution in [0.5, 0.6) is 0 Å². The first-order valence-corrected chi connectivity index (χ1v) is 4.82. The molecule has 0 aromatic carbocycles. The molecule has 1 N–H and O–H groups in total. The fourth-order valence-electron chi connectivity index (χ4n) is 1.34. The van der Waals surface area contributed by atoms with Gasteiger partial charge in [-0.1, -0.05) is 0 Å². The predicted molar refractivity (Wildman–Crippen MR) is 56.8 cm³/mol. The van der Waals surface area contributed by atoms with Gasteiger partial charge in [0.05, 0.1) is 5.39 Å². The lowest BCUT2D eigenvalue weighted by molar-refractivity contribution is 0.586. The van der Waals surface area contributed by atoms with Crippen LogP contribution < -0.4 is 5.43 Å². The highest BCUT2D eigenvalue weighted by Crippen LogP contribution is 2.04. The van der Waals surface area contributed by atoms with Gasteiger partial charge < -0.3 is 9.55 Å². The molecule has 0 spiro atoms. The monoisotopic (exact) mass is 225 g/mol. The molecule has 6 heteroatoms. The maximum atomic E-state index is 12.9. The number of halogens is 1. The number of hydrogen-bond acceptors (Lipinski definition) is 3. The van der Waals surface area contributed by atoms with E-state index in [0.717, 1.165) is 6.07 Å². The number of H-pyrrole nitrogens is 1. The van der Waals surface area contributed by atoms with Gasteiger partial charge in [-0.25, -0.2) is 4.98 Å². The molecule has 0 aliphatic carbocycles. The first-order chi connectivity index (χ1) is 7.11. The normalized spacial score (nSPS) is 10.8. The Kier molecular flexibility index (Phi) is 2.36. The minimum atomic E-state index is -0.705. The van der Waals surface area contributed by atoms with Gasteiger partial charge >= 0.3 is 0 Å². The Labute approximate surface area is 89.4 Å². The maximum absolute atomic E-state index is 12.9. The van der Waals surface area contributed by atoms with Crippen molar-refractivity contribution in [2.75, 3.05) is 0 Å². The summed E-state index contributed by atoms with van der Waals surface area (Å²) in [6.45, 7) is 2.51. The molecule has 0 aliphatic heterocycles. The van der Waals surface area contributed by atoms with Gasteiger partial charge in [0.25, 0.3) is 0 Å². The number of nitrogens with one attached hydrogen (secondary N) is 1. The summed E-state index contributed by atoms with van der Waals surface area (Å²) < 4.78 is 14.9. The van der Waals surface area contributed by atoms with Crippen molar-refractivity contribution in [2.45, 2.75) is 13.5 Å². The summed E-state index contributed by atoms with van der Waals surface area (Å²) in [5, 5.41) is 0.340. The molecule has 0 radical (unpaired) electrons. The molecule has 0 amide bonds. The van der Waals surface area contributed by atoms with Gasteiger partial charge in [0.1, 0.15) is 5.65 Å². The Morgan fingerprint density at radius 2 is 2.40 bits per heavy atom. The first-order valence-electron chi connectivity index (χ1n) is 4.42. The summed E-state index contributed by atoms with van der Waals surface area (Å²) >= 11 is 4.97. The number of aromatic amines is 1. The van der Waals surface area contributed by atoms with Gasteiger partial charge in [0.2, 0.25) is 4.77 Å². The van der Waals surface area contributed by atoms with Gasteiger partial charge in [-0.2, -0.15) is 4.39 Å². The van der Waals surface area contributed by atoms with Crippen LogP contribution >= 0.6 is 12.2 Å². The van der Waals surface area contributed by atoms with Gasteiger partial charge in [0.15, 0.2) is 11.4 Å². The van der Waals surface area contributed by atoms with Crippen LogP contribution in [0.15, 0.2) is 17.1 Å². The topological polar surface area (TPSA) is 50.7 Å². The van der Waals surface area contributed by atoms with E-state index in [1.54, 1.807) is 10.8 Å². The molecule has 2 rings (SSSR count). The molecule has 2 aromatic rings. The van der Waals surface area contributed by atoms with Crippen molar-refractivity contribution in [3.8, 4) is 0 Å². The van der Waals surface area contributed by atoms with Crippen molar-refractivity contribution in [3.05, 3.63) is 33.2 Å². The quantitative estimate of drug-likeness (QED) is 0.592. The summed E-state index contributed by atoms with van der Waals surface area (Å²) in [5.74, 6) is -0.705. The molecule has 0 unspecified atom stereocenters. The van der Waals surface area contributed by atoms with Crippen molar-refractivity contribution in [1.29, 1.82) is 0 Å². The largest absolute Gasteiger partial charge is 0.323 e. The lowest BCUT2D eigenvalue weighted by atomic mass is 10.3. The molecule has 0 aliphatic rings. The van der Waals surface area contributed by atoms with Crippen molar-refractivity contribution in [1.82, 2.24) is 14.5 Å². The third kappa shape index (κ3) is 1.68. The summed E-state index contributed by atoms with van der Waals surface area (Å²) in [7, 11) is 0. The number of rotatable bonds is 1. The molecular formula is C9H8FN3OS. The highest BCUT2D eigenvalue weighted by molar-refractivity contribution is 7.71. The molecule has 0 fully saturated rings. The maximum Gasteiger partial charge on any atom is 0.201 e. The number of pyridine rings is 1. The molecule has 78 valence electrons. The van der Waals surface area contributed by atoms with Gasteiger partial charge in [0, 0.05) is 18.8 Å². The second kappa shape index (κ2) is 3.54. The number of fused-ring (bicyclic) bond motifs is 1. The third-order valence-electron chi connectivity index (χ3n) is 2.09. The van der Waals surface area contributed by atoms with Crippen LogP contribution in [0.25, 0.3) is 11.0 Å². The highest BCUT2D eigenvalue weighted by atomic mass is 32.1. The summed E-state index contributed by atoms with van der Waals surface area (Å²) in [4.78, 5) is 17.7. The summed E-state index contributed by atoms with van der Waals surface area (Å²) in [6, 6.07) is 0.896. The van der Waals surface area contributed by atoms with E-state index in [1.165, 1.54) is 0 Å². The highest BCUT2D eigenvalue weighted by Gasteiger charge is 2.04. The second-order valence-electron chi connectivity index (χ2n) is 3.05. The van der Waals surface area contributed by atoms with E-state index in [1.807, 2.05) is 6.92 Å². The van der Waals surface area contributed by atoms with Crippen LogP contribution in [-0.2, 0) is 6.54 Å². The van der Waals surface area contributed by atoms with Crippen molar-refractivity contribution in [3.63, 3.8) is 0 Å². The average molecular weight is 225 g/mol. The average Bonchev–Trinajstić information content (AvgIpc) is 2.16. The van der Waals surface area contributed by atoms with Crippen LogP contribution in [0.1, 0.15) is 6.92 Å². The SMILES string of the molecule is CCn1cc2c(=O)cc(F)[nH]c2nc1=S. The van der Waals surface area contributed by atoms with Crippen molar-refractivity contribution < 1.29 is 4.39 Å². The minimum Gasteiger partial charge on any atom is -0.323 e. The Morgan fingerprint density at radius 1 is 1.67 bits per heavy atom. The predicted octanol–water partition coefficient (Wildman–Crippen LogP) is 1.61. The lowest BCUT2D eigenvalue weighted by Crippen LogP contribution is -2.09. The Hall–Kier alpha value is -1.56. The van der Waals surface area contributed by atoms with E-state index < -0.39 is 11.4 Å². The molecule has 0 saturated carbocycles. The van der Waals surface area contributed by atoms with Crippen molar-refractivity contribution >= 4 is 23.3 Å². The fourth-order valence-corrected chi connectivity index (χ4v) is 1.61. The molecular weight excluding hydrogens is 217 g/mol. The van der Waals surface area contributed by atoms with Crippen LogP contribution in [0.3, 0.4) is 0 Å². The van der Waals surface area contributed by atoms with Crippen LogP contribution in [0.2, 0.25) is 0 Å². The molecule has 0 bridgehead atoms. The second-order valence-corrected chi connectivity index (χ2v) is 3.42. The standard InChI is InChI=1S/C9H8FN3OS/c1-2-13-4-5-6(14)3-7(10)11-8(5)12-9(13)15/h3-4H,2H2,1H3,(H,11,12,15). The molecule has 0 saturated heterocycles. The van der Waals surface area contributed by atoms with Gasteiger partial charge in [-0.05, 0) is 19.1 Å². The van der Waals surface area contributed by atoms with Gasteiger partial charge in [-0.15, -0.1) is 0 Å². The zero-order valence-electron chi connectivity index (χ0n) is 7.95. The minimum absolute atomic E-state index is 0.190. The zero-order chi connectivity index (χ0) is 11.0. The van der Waals surface area contributed by atoms with Crippen LogP contribution in [-0.4, -0.2) is 14.5 Å². The third-order valence-corrected chi connectivity index (χ3v) is 2.42. The molecule has 0 atom stereocenters. The van der Waals surface area contributed by atoms with Crippen LogP contribution in [0, 0.1) is 10.7 Å². The molecule has 15 heavy (non-hydrogen) atoms. The number of aromatic nitrogens is 3. The molecule has 2 heterocycles. The van der Waals surface area contributed by atoms with E-state index in [2.05, 4.69) is 9.97 Å². The number of nitrogens with zero attached hydrogens (tertiary/aromatic N) is 2. The van der Waals surface area contributed by atoms with Crippen molar-refractivity contribution in [2.24, 2.45) is 0 Å². The Balaban J connectivity index is 2.94. The van der Waals surface area contributed by atoms with Crippen LogP contribution in [0.4, 0.5) is 4.39 Å². The molecule has 2 aromatic heterocycles. The van der Waals surface area contributed by atoms with E-state index >= 15 is 0 Å². The Bertz CT molecular complexity index is 631. The molecule has 4 nitrogen and oxygen atoms in total. The first kappa shape index (κ1) is 9.97. The lowest BCUT2D eigenvalue weighted by Gasteiger charge is -2.03. The van der Waals surface area contributed by atoms with E-state index in [9.17, 15) is 9.18 Å². The van der Waals surface area contributed by atoms with E-state index in [4.69, 9.17) is 12.2 Å². The Morgan fingerprint density at radius 3 is 3.07 bits per heavy atom. The fraction of sp³-hybridized carbons (Fsp3) is 0.222. The number of aryl methyl sites for hydroxylation is 1. The van der Waals surface area contributed by atoms with E-state index in [-0.39, 0.29) is 5.65 Å². The summed E-state index contributed by atoms with van der Waals surface area (Å²) in [5.41, 5.74) is -0.208. The summed E-state index contributed by atoms with van der Waals surface area (Å²) in [6.07, 6.45) is 1.59.